The topological polar surface area (TPSA) is 69.1 Å². The molecule has 0 aromatic carbocycles. The second-order valence-corrected chi connectivity index (χ2v) is 4.97. The molecule has 0 aliphatic carbocycles. The fourth-order valence-corrected chi connectivity index (χ4v) is 2.50. The van der Waals surface area contributed by atoms with Crippen LogP contribution in [0.3, 0.4) is 0 Å². The van der Waals surface area contributed by atoms with Crippen molar-refractivity contribution in [2.45, 2.75) is 13.1 Å². The van der Waals surface area contributed by atoms with Crippen LogP contribution in [0.1, 0.15) is 11.4 Å². The number of hydrogen-bond acceptors (Lipinski definition) is 5. The van der Waals surface area contributed by atoms with E-state index in [-0.39, 0.29) is 17.0 Å². The van der Waals surface area contributed by atoms with E-state index in [0.29, 0.717) is 16.9 Å². The summed E-state index contributed by atoms with van der Waals surface area (Å²) in [6.45, 7) is 1.52. The third-order valence-corrected chi connectivity index (χ3v) is 3.40. The van der Waals surface area contributed by atoms with E-state index in [2.05, 4.69) is 20.2 Å². The van der Waals surface area contributed by atoms with Gasteiger partial charge in [0.1, 0.15) is 11.3 Å². The van der Waals surface area contributed by atoms with Crippen LogP contribution in [0.25, 0.3) is 28.1 Å². The second kappa shape index (κ2) is 4.51. The van der Waals surface area contributed by atoms with E-state index in [9.17, 15) is 13.2 Å². The summed E-state index contributed by atoms with van der Waals surface area (Å²) < 4.78 is 46.2. The van der Waals surface area contributed by atoms with Crippen molar-refractivity contribution in [1.29, 1.82) is 0 Å². The molecular formula is C14H8F3N5O. The van der Waals surface area contributed by atoms with Crippen LogP contribution in [0.4, 0.5) is 13.2 Å². The lowest BCUT2D eigenvalue weighted by Gasteiger charge is -2.11. The normalized spacial score (nSPS) is 12.3. The molecule has 0 atom stereocenters. The molecule has 23 heavy (non-hydrogen) atoms. The summed E-state index contributed by atoms with van der Waals surface area (Å²) in [5.41, 5.74) is 0.579. The number of rotatable bonds is 1. The molecule has 0 N–H and O–H groups in total. The Morgan fingerprint density at radius 3 is 2.70 bits per heavy atom. The van der Waals surface area contributed by atoms with Gasteiger partial charge in [-0.2, -0.15) is 13.2 Å². The molecule has 9 heteroatoms. The molecule has 0 bridgehead atoms. The van der Waals surface area contributed by atoms with Crippen molar-refractivity contribution in [1.82, 2.24) is 24.6 Å². The molecule has 0 aliphatic heterocycles. The molecule has 4 aromatic rings. The average Bonchev–Trinajstić information content (AvgIpc) is 3.14. The maximum Gasteiger partial charge on any atom is 0.434 e. The lowest BCUT2D eigenvalue weighted by Crippen LogP contribution is -2.10. The standard InChI is InChI=1S/C14H8F3N5O/c1-7-4-10-8(12(19-7)14(15,16)17)2-3-11-20-9(5-22(10)11)13-21-18-6-23-13/h2-6H,1H3. The minimum Gasteiger partial charge on any atom is -0.422 e. The summed E-state index contributed by atoms with van der Waals surface area (Å²) in [7, 11) is 0. The maximum atomic E-state index is 13.2. The molecule has 0 radical (unpaired) electrons. The van der Waals surface area contributed by atoms with Crippen LogP contribution in [0, 0.1) is 6.92 Å². The number of hydrogen-bond donors (Lipinski definition) is 0. The van der Waals surface area contributed by atoms with E-state index in [4.69, 9.17) is 4.42 Å². The van der Waals surface area contributed by atoms with Crippen molar-refractivity contribution in [3.05, 3.63) is 42.2 Å². The molecule has 116 valence electrons. The Kier molecular flexibility index (Phi) is 2.68. The molecule has 0 aliphatic rings. The first-order valence-electron chi connectivity index (χ1n) is 6.57. The lowest BCUT2D eigenvalue weighted by molar-refractivity contribution is -0.139. The van der Waals surface area contributed by atoms with Crippen molar-refractivity contribution in [2.24, 2.45) is 0 Å². The van der Waals surface area contributed by atoms with E-state index in [1.807, 2.05) is 0 Å². The Morgan fingerprint density at radius 2 is 2.00 bits per heavy atom. The Bertz CT molecular complexity index is 1020. The zero-order valence-corrected chi connectivity index (χ0v) is 11.7. The summed E-state index contributed by atoms with van der Waals surface area (Å²) in [6, 6.07) is 4.44. The van der Waals surface area contributed by atoms with Crippen molar-refractivity contribution < 1.29 is 17.6 Å². The van der Waals surface area contributed by atoms with Gasteiger partial charge in [0.25, 0.3) is 5.89 Å². The van der Waals surface area contributed by atoms with E-state index in [1.54, 1.807) is 16.7 Å². The number of halogens is 3. The van der Waals surface area contributed by atoms with E-state index in [0.717, 1.165) is 6.39 Å². The van der Waals surface area contributed by atoms with Gasteiger partial charge in [-0.1, -0.05) is 0 Å². The third-order valence-electron chi connectivity index (χ3n) is 3.40. The van der Waals surface area contributed by atoms with Crippen LogP contribution in [0.15, 0.2) is 35.2 Å². The monoisotopic (exact) mass is 319 g/mol. The fraction of sp³-hybridized carbons (Fsp3) is 0.143. The highest BCUT2D eigenvalue weighted by Crippen LogP contribution is 2.34. The van der Waals surface area contributed by atoms with Gasteiger partial charge in [0, 0.05) is 17.3 Å². The number of fused-ring (bicyclic) bond motifs is 3. The molecule has 0 spiro atoms. The second-order valence-electron chi connectivity index (χ2n) is 4.97. The van der Waals surface area contributed by atoms with E-state index < -0.39 is 11.9 Å². The molecule has 0 amide bonds. The SMILES string of the molecule is Cc1cc2c(ccc3nc(-c4nnco4)cn32)c(C(F)(F)F)n1. The molecule has 4 heterocycles. The van der Waals surface area contributed by atoms with Gasteiger partial charge in [-0.15, -0.1) is 10.2 Å². The van der Waals surface area contributed by atoms with Gasteiger partial charge >= 0.3 is 6.18 Å². The average molecular weight is 319 g/mol. The van der Waals surface area contributed by atoms with Crippen molar-refractivity contribution in [3.8, 4) is 11.6 Å². The summed E-state index contributed by atoms with van der Waals surface area (Å²) >= 11 is 0. The number of pyridine rings is 2. The number of alkyl halides is 3. The summed E-state index contributed by atoms with van der Waals surface area (Å²) in [4.78, 5) is 7.93. The molecule has 6 nitrogen and oxygen atoms in total. The van der Waals surface area contributed by atoms with Gasteiger partial charge in [-0.25, -0.2) is 9.97 Å². The highest BCUT2D eigenvalue weighted by atomic mass is 19.4. The van der Waals surface area contributed by atoms with Gasteiger partial charge in [-0.05, 0) is 25.1 Å². The summed E-state index contributed by atoms with van der Waals surface area (Å²) in [6.07, 6.45) is -1.81. The van der Waals surface area contributed by atoms with Crippen molar-refractivity contribution in [3.63, 3.8) is 0 Å². The lowest BCUT2D eigenvalue weighted by atomic mass is 10.1. The van der Waals surface area contributed by atoms with Crippen molar-refractivity contribution >= 4 is 16.6 Å². The van der Waals surface area contributed by atoms with Crippen molar-refractivity contribution in [2.75, 3.05) is 0 Å². The Balaban J connectivity index is 2.07. The Morgan fingerprint density at radius 1 is 1.17 bits per heavy atom. The number of imidazole rings is 1. The van der Waals surface area contributed by atoms with Gasteiger partial charge < -0.3 is 4.42 Å². The maximum absolute atomic E-state index is 13.2. The highest BCUT2D eigenvalue weighted by Gasteiger charge is 2.35. The van der Waals surface area contributed by atoms with Gasteiger partial charge in [-0.3, -0.25) is 4.40 Å². The van der Waals surface area contributed by atoms with E-state index >= 15 is 0 Å². The first-order valence-corrected chi connectivity index (χ1v) is 6.57. The van der Waals surface area contributed by atoms with E-state index in [1.165, 1.54) is 19.1 Å². The molecule has 0 unspecified atom stereocenters. The predicted octanol–water partition coefficient (Wildman–Crippen LogP) is 3.26. The smallest absolute Gasteiger partial charge is 0.422 e. The first kappa shape index (κ1) is 13.7. The van der Waals surface area contributed by atoms with Crippen LogP contribution < -0.4 is 0 Å². The minimum absolute atomic E-state index is 0.00470. The van der Waals surface area contributed by atoms with Gasteiger partial charge in [0.2, 0.25) is 6.39 Å². The first-order chi connectivity index (χ1) is 10.9. The molecular weight excluding hydrogens is 311 g/mol. The van der Waals surface area contributed by atoms with Crippen LogP contribution >= 0.6 is 0 Å². The molecule has 0 saturated carbocycles. The van der Waals surface area contributed by atoms with Gasteiger partial charge in [0.15, 0.2) is 5.69 Å². The predicted molar refractivity (Wildman–Crippen MR) is 73.5 cm³/mol. The highest BCUT2D eigenvalue weighted by molar-refractivity contribution is 5.85. The third kappa shape index (κ3) is 2.12. The quantitative estimate of drug-likeness (QED) is 0.538. The Labute approximate surface area is 126 Å². The van der Waals surface area contributed by atoms with Crippen LogP contribution in [-0.4, -0.2) is 24.6 Å². The minimum atomic E-state index is -4.53. The molecule has 4 rings (SSSR count). The molecule has 4 aromatic heterocycles. The van der Waals surface area contributed by atoms with Crippen LogP contribution in [0.2, 0.25) is 0 Å². The Hall–Kier alpha value is -2.97. The number of nitrogens with zero attached hydrogens (tertiary/aromatic N) is 5. The zero-order valence-electron chi connectivity index (χ0n) is 11.7. The largest absolute Gasteiger partial charge is 0.434 e. The molecule has 0 fully saturated rings. The summed E-state index contributed by atoms with van der Waals surface area (Å²) in [5.74, 6) is 0.198. The van der Waals surface area contributed by atoms with Crippen LogP contribution in [-0.2, 0) is 6.18 Å². The molecule has 0 saturated heterocycles. The van der Waals surface area contributed by atoms with Gasteiger partial charge in [0.05, 0.1) is 5.52 Å². The van der Waals surface area contributed by atoms with Crippen LogP contribution in [0.5, 0.6) is 0 Å². The zero-order chi connectivity index (χ0) is 16.2. The number of aryl methyl sites for hydroxylation is 1. The number of aromatic nitrogens is 5. The summed E-state index contributed by atoms with van der Waals surface area (Å²) in [5, 5.41) is 7.32. The fourth-order valence-electron chi connectivity index (χ4n) is 2.50.